The van der Waals surface area contributed by atoms with Crippen LogP contribution in [0.3, 0.4) is 0 Å². The van der Waals surface area contributed by atoms with Crippen LogP contribution >= 0.6 is 11.6 Å². The summed E-state index contributed by atoms with van der Waals surface area (Å²) in [7, 11) is 0. The number of halogens is 2. The largest absolute Gasteiger partial charge is 0.487 e. The Hall–Kier alpha value is -3.45. The van der Waals surface area contributed by atoms with Gasteiger partial charge in [0.05, 0.1) is 23.1 Å². The van der Waals surface area contributed by atoms with E-state index in [0.29, 0.717) is 35.1 Å². The third-order valence-corrected chi connectivity index (χ3v) is 4.42. The predicted octanol–water partition coefficient (Wildman–Crippen LogP) is 4.68. The second-order valence-corrected chi connectivity index (χ2v) is 6.78. The fourth-order valence-corrected chi connectivity index (χ4v) is 2.95. The van der Waals surface area contributed by atoms with Crippen molar-refractivity contribution in [2.75, 3.05) is 5.73 Å². The van der Waals surface area contributed by atoms with Crippen LogP contribution in [0.15, 0.2) is 65.4 Å². The first-order valence-corrected chi connectivity index (χ1v) is 9.14. The molecule has 3 aromatic heterocycles. The second kappa shape index (κ2) is 8.28. The first-order chi connectivity index (χ1) is 14.1. The molecular weight excluding hydrogens is 395 g/mol. The van der Waals surface area contributed by atoms with E-state index in [1.54, 1.807) is 24.4 Å². The number of aromatic nitrogens is 3. The number of benzene rings is 1. The van der Waals surface area contributed by atoms with Crippen LogP contribution in [-0.2, 0) is 13.0 Å². The van der Waals surface area contributed by atoms with E-state index >= 15 is 0 Å². The van der Waals surface area contributed by atoms with Gasteiger partial charge in [0.15, 0.2) is 5.76 Å². The van der Waals surface area contributed by atoms with Gasteiger partial charge in [0.25, 0.3) is 0 Å². The Labute approximate surface area is 171 Å². The molecule has 0 radical (unpaired) electrons. The van der Waals surface area contributed by atoms with Crippen LogP contribution in [0.2, 0.25) is 5.02 Å². The number of nitrogen functional groups attached to an aromatic ring is 1. The molecule has 4 rings (SSSR count). The van der Waals surface area contributed by atoms with Gasteiger partial charge < -0.3 is 15.0 Å². The number of nitrogens with zero attached hydrogens (tertiary/aromatic N) is 3. The van der Waals surface area contributed by atoms with Crippen LogP contribution < -0.4 is 10.5 Å². The SMILES string of the molecule is Nc1ncc(F)cc1-c1cc(Cc2ccc(OCc3cc(Cl)ccn3)cc2)no1. The molecule has 0 aliphatic carbocycles. The zero-order valence-corrected chi connectivity index (χ0v) is 15.9. The normalized spacial score (nSPS) is 10.8. The summed E-state index contributed by atoms with van der Waals surface area (Å²) < 4.78 is 24.4. The predicted molar refractivity (Wildman–Crippen MR) is 107 cm³/mol. The van der Waals surface area contributed by atoms with Gasteiger partial charge in [-0.25, -0.2) is 9.37 Å². The molecule has 2 N–H and O–H groups in total. The lowest BCUT2D eigenvalue weighted by molar-refractivity contribution is 0.301. The van der Waals surface area contributed by atoms with E-state index in [-0.39, 0.29) is 5.82 Å². The van der Waals surface area contributed by atoms with Gasteiger partial charge >= 0.3 is 0 Å². The Morgan fingerprint density at radius 1 is 1.03 bits per heavy atom. The molecule has 3 heterocycles. The summed E-state index contributed by atoms with van der Waals surface area (Å²) in [6, 6.07) is 14.1. The molecule has 146 valence electrons. The molecular formula is C21H16ClFN4O2. The molecule has 0 saturated heterocycles. The fourth-order valence-electron chi connectivity index (χ4n) is 2.77. The Bertz CT molecular complexity index is 1130. The van der Waals surface area contributed by atoms with Crippen molar-refractivity contribution in [2.45, 2.75) is 13.0 Å². The van der Waals surface area contributed by atoms with Crippen LogP contribution in [0.25, 0.3) is 11.3 Å². The first-order valence-electron chi connectivity index (χ1n) is 8.76. The quantitative estimate of drug-likeness (QED) is 0.496. The van der Waals surface area contributed by atoms with Crippen molar-refractivity contribution in [3.8, 4) is 17.1 Å². The summed E-state index contributed by atoms with van der Waals surface area (Å²) in [5, 5.41) is 4.65. The third-order valence-electron chi connectivity index (χ3n) is 4.18. The van der Waals surface area contributed by atoms with E-state index in [4.69, 9.17) is 26.6 Å². The van der Waals surface area contributed by atoms with Crippen LogP contribution in [0.1, 0.15) is 17.0 Å². The van der Waals surface area contributed by atoms with Crippen molar-refractivity contribution in [2.24, 2.45) is 0 Å². The summed E-state index contributed by atoms with van der Waals surface area (Å²) >= 11 is 5.94. The molecule has 0 unspecified atom stereocenters. The molecule has 0 fully saturated rings. The van der Waals surface area contributed by atoms with Crippen LogP contribution in [-0.4, -0.2) is 15.1 Å². The Kier molecular flexibility index (Phi) is 5.39. The van der Waals surface area contributed by atoms with Crippen LogP contribution in [0, 0.1) is 5.82 Å². The first kappa shape index (κ1) is 18.9. The maximum absolute atomic E-state index is 13.4. The molecule has 0 bridgehead atoms. The highest BCUT2D eigenvalue weighted by atomic mass is 35.5. The maximum atomic E-state index is 13.4. The maximum Gasteiger partial charge on any atom is 0.170 e. The van der Waals surface area contributed by atoms with Crippen molar-refractivity contribution < 1.29 is 13.7 Å². The minimum atomic E-state index is -0.490. The minimum Gasteiger partial charge on any atom is -0.487 e. The van der Waals surface area contributed by atoms with E-state index in [1.165, 1.54) is 6.07 Å². The lowest BCUT2D eigenvalue weighted by Crippen LogP contribution is -1.98. The monoisotopic (exact) mass is 410 g/mol. The van der Waals surface area contributed by atoms with E-state index in [1.807, 2.05) is 24.3 Å². The van der Waals surface area contributed by atoms with Gasteiger partial charge in [0, 0.05) is 23.7 Å². The topological polar surface area (TPSA) is 87.1 Å². The van der Waals surface area contributed by atoms with Gasteiger partial charge in [-0.3, -0.25) is 4.98 Å². The highest BCUT2D eigenvalue weighted by molar-refractivity contribution is 6.30. The molecule has 0 aliphatic rings. The number of hydrogen-bond acceptors (Lipinski definition) is 6. The summed E-state index contributed by atoms with van der Waals surface area (Å²) in [5.74, 6) is 0.786. The summed E-state index contributed by atoms with van der Waals surface area (Å²) in [4.78, 5) is 7.99. The Balaban J connectivity index is 1.40. The summed E-state index contributed by atoms with van der Waals surface area (Å²) in [6.45, 7) is 0.329. The summed E-state index contributed by atoms with van der Waals surface area (Å²) in [5.41, 5.74) is 8.63. The zero-order chi connectivity index (χ0) is 20.2. The molecule has 29 heavy (non-hydrogen) atoms. The van der Waals surface area contributed by atoms with Crippen molar-refractivity contribution in [1.82, 2.24) is 15.1 Å². The lowest BCUT2D eigenvalue weighted by Gasteiger charge is -2.06. The fraction of sp³-hybridized carbons (Fsp3) is 0.0952. The van der Waals surface area contributed by atoms with Gasteiger partial charge in [0.1, 0.15) is 24.0 Å². The van der Waals surface area contributed by atoms with Crippen molar-refractivity contribution in [3.63, 3.8) is 0 Å². The zero-order valence-electron chi connectivity index (χ0n) is 15.2. The molecule has 0 saturated carbocycles. The van der Waals surface area contributed by atoms with Crippen molar-refractivity contribution in [3.05, 3.63) is 88.7 Å². The average molecular weight is 411 g/mol. The lowest BCUT2D eigenvalue weighted by atomic mass is 10.1. The van der Waals surface area contributed by atoms with E-state index in [9.17, 15) is 4.39 Å². The molecule has 4 aromatic rings. The van der Waals surface area contributed by atoms with Crippen molar-refractivity contribution >= 4 is 17.4 Å². The standard InChI is InChI=1S/C21H16ClFN4O2/c22-14-5-6-25-17(8-14)12-28-18-3-1-13(2-4-18)7-16-10-20(29-27-16)19-9-15(23)11-26-21(19)24/h1-6,8-11H,7,12H2,(H2,24,26). The second-order valence-electron chi connectivity index (χ2n) is 6.34. The van der Waals surface area contributed by atoms with Gasteiger partial charge in [-0.05, 0) is 35.9 Å². The highest BCUT2D eigenvalue weighted by Crippen LogP contribution is 2.26. The molecule has 6 nitrogen and oxygen atoms in total. The van der Waals surface area contributed by atoms with Crippen LogP contribution in [0.4, 0.5) is 10.2 Å². The van der Waals surface area contributed by atoms with Gasteiger partial charge in [-0.1, -0.05) is 28.9 Å². The molecule has 0 aliphatic heterocycles. The number of hydrogen-bond donors (Lipinski definition) is 1. The summed E-state index contributed by atoms with van der Waals surface area (Å²) in [6.07, 6.45) is 3.24. The van der Waals surface area contributed by atoms with Gasteiger partial charge in [-0.15, -0.1) is 0 Å². The van der Waals surface area contributed by atoms with Crippen LogP contribution in [0.5, 0.6) is 5.75 Å². The van der Waals surface area contributed by atoms with E-state index in [2.05, 4.69) is 15.1 Å². The average Bonchev–Trinajstić information content (AvgIpc) is 3.18. The number of anilines is 1. The Morgan fingerprint density at radius 3 is 2.66 bits per heavy atom. The van der Waals surface area contributed by atoms with Crippen molar-refractivity contribution in [1.29, 1.82) is 0 Å². The highest BCUT2D eigenvalue weighted by Gasteiger charge is 2.12. The number of ether oxygens (including phenoxy) is 1. The van der Waals surface area contributed by atoms with Gasteiger partial charge in [-0.2, -0.15) is 0 Å². The van der Waals surface area contributed by atoms with Gasteiger partial charge in [0.2, 0.25) is 0 Å². The smallest absolute Gasteiger partial charge is 0.170 e. The molecule has 8 heteroatoms. The van der Waals surface area contributed by atoms with E-state index < -0.39 is 5.82 Å². The number of nitrogens with two attached hydrogens (primary N) is 1. The number of pyridine rings is 2. The molecule has 0 amide bonds. The third kappa shape index (κ3) is 4.70. The Morgan fingerprint density at radius 2 is 1.86 bits per heavy atom. The molecule has 1 aromatic carbocycles. The molecule has 0 atom stereocenters. The van der Waals surface area contributed by atoms with E-state index in [0.717, 1.165) is 23.2 Å². The molecule has 0 spiro atoms. The number of rotatable bonds is 6. The minimum absolute atomic E-state index is 0.185.